The van der Waals surface area contributed by atoms with E-state index in [1.165, 1.54) is 18.5 Å². The monoisotopic (exact) mass is 398 g/mol. The average Bonchev–Trinajstić information content (AvgIpc) is 3.04. The van der Waals surface area contributed by atoms with Gasteiger partial charge in [-0.3, -0.25) is 0 Å². The lowest BCUT2D eigenvalue weighted by atomic mass is 10.0. The molecule has 5 nitrogen and oxygen atoms in total. The van der Waals surface area contributed by atoms with Crippen LogP contribution in [0.1, 0.15) is 22.6 Å². The number of hydrogen-bond donors (Lipinski definition) is 1. The van der Waals surface area contributed by atoms with Crippen molar-refractivity contribution in [2.75, 3.05) is 5.32 Å². The number of benzene rings is 2. The Labute approximate surface area is 164 Å². The summed E-state index contributed by atoms with van der Waals surface area (Å²) >= 11 is 0. The molecule has 0 aliphatic carbocycles. The first kappa shape index (κ1) is 18.9. The molecule has 0 unspecified atom stereocenters. The van der Waals surface area contributed by atoms with Gasteiger partial charge in [0.2, 0.25) is 0 Å². The van der Waals surface area contributed by atoms with Gasteiger partial charge in [-0.1, -0.05) is 23.4 Å². The van der Waals surface area contributed by atoms with Gasteiger partial charge in [0.1, 0.15) is 17.9 Å². The molecule has 0 saturated carbocycles. The molecular formula is C21H17F3N4O. The zero-order valence-electron chi connectivity index (χ0n) is 15.7. The number of anilines is 1. The number of fused-ring (bicyclic) bond motifs is 1. The lowest BCUT2D eigenvalue weighted by Crippen LogP contribution is -2.06. The molecule has 4 rings (SSSR count). The van der Waals surface area contributed by atoms with Crippen molar-refractivity contribution >= 4 is 16.7 Å². The predicted octanol–water partition coefficient (Wildman–Crippen LogP) is 5.53. The Hall–Kier alpha value is -3.42. The highest BCUT2D eigenvalue weighted by molar-refractivity contribution is 5.92. The highest BCUT2D eigenvalue weighted by Gasteiger charge is 2.29. The molecular weight excluding hydrogens is 381 g/mol. The van der Waals surface area contributed by atoms with Crippen molar-refractivity contribution in [2.24, 2.45) is 0 Å². The molecule has 0 bridgehead atoms. The number of aryl methyl sites for hydroxylation is 2. The molecule has 0 aliphatic heterocycles. The second kappa shape index (κ2) is 7.20. The summed E-state index contributed by atoms with van der Waals surface area (Å²) in [6.07, 6.45) is -2.89. The van der Waals surface area contributed by atoms with Crippen LogP contribution in [-0.2, 0) is 12.7 Å². The quantitative estimate of drug-likeness (QED) is 0.490. The zero-order chi connectivity index (χ0) is 20.6. The maximum atomic E-state index is 12.7. The summed E-state index contributed by atoms with van der Waals surface area (Å²) in [6, 6.07) is 10.8. The Morgan fingerprint density at radius 3 is 2.41 bits per heavy atom. The van der Waals surface area contributed by atoms with E-state index in [0.29, 0.717) is 17.9 Å². The first-order valence-corrected chi connectivity index (χ1v) is 8.91. The molecule has 8 heteroatoms. The van der Waals surface area contributed by atoms with Crippen LogP contribution in [0.2, 0.25) is 0 Å². The second-order valence-corrected chi connectivity index (χ2v) is 6.70. The molecule has 2 heterocycles. The molecule has 0 aliphatic rings. The van der Waals surface area contributed by atoms with Crippen molar-refractivity contribution in [2.45, 2.75) is 26.6 Å². The fourth-order valence-electron chi connectivity index (χ4n) is 3.25. The van der Waals surface area contributed by atoms with Crippen LogP contribution < -0.4 is 5.32 Å². The number of halogens is 3. The van der Waals surface area contributed by atoms with E-state index in [0.717, 1.165) is 45.6 Å². The van der Waals surface area contributed by atoms with Crippen molar-refractivity contribution in [3.8, 4) is 11.1 Å². The van der Waals surface area contributed by atoms with E-state index < -0.39 is 11.7 Å². The van der Waals surface area contributed by atoms with Gasteiger partial charge in [0.25, 0.3) is 0 Å². The van der Waals surface area contributed by atoms with E-state index in [-0.39, 0.29) is 0 Å². The van der Waals surface area contributed by atoms with E-state index in [1.807, 2.05) is 32.0 Å². The zero-order valence-corrected chi connectivity index (χ0v) is 15.7. The Kier molecular flexibility index (Phi) is 4.70. The molecule has 0 amide bonds. The van der Waals surface area contributed by atoms with Crippen LogP contribution >= 0.6 is 0 Å². The number of rotatable bonds is 4. The van der Waals surface area contributed by atoms with E-state index in [1.54, 1.807) is 0 Å². The molecule has 2 aromatic carbocycles. The van der Waals surface area contributed by atoms with E-state index in [9.17, 15) is 13.2 Å². The maximum Gasteiger partial charge on any atom is 0.416 e. The molecule has 0 radical (unpaired) electrons. The highest BCUT2D eigenvalue weighted by atomic mass is 19.4. The third-order valence-electron chi connectivity index (χ3n) is 4.70. The van der Waals surface area contributed by atoms with Crippen molar-refractivity contribution < 1.29 is 17.7 Å². The van der Waals surface area contributed by atoms with Gasteiger partial charge in [0.05, 0.1) is 16.8 Å². The average molecular weight is 398 g/mol. The molecule has 1 N–H and O–H groups in total. The van der Waals surface area contributed by atoms with Crippen molar-refractivity contribution in [3.05, 3.63) is 71.4 Å². The van der Waals surface area contributed by atoms with E-state index >= 15 is 0 Å². The molecule has 29 heavy (non-hydrogen) atoms. The standard InChI is InChI=1S/C21H17F3N4O/c1-12-19(13(2)29-28-12)15-5-8-18-17(9-15)20(27-11-26-18)25-10-14-3-6-16(7-4-14)21(22,23)24/h3-9,11H,10H2,1-2H3,(H,25,26,27). The van der Waals surface area contributed by atoms with Crippen LogP contribution in [0.4, 0.5) is 19.0 Å². The largest absolute Gasteiger partial charge is 0.416 e. The molecule has 148 valence electrons. The molecule has 2 aromatic heterocycles. The van der Waals surface area contributed by atoms with Crippen molar-refractivity contribution in [1.82, 2.24) is 15.1 Å². The summed E-state index contributed by atoms with van der Waals surface area (Å²) in [5.41, 5.74) is 3.44. The predicted molar refractivity (Wildman–Crippen MR) is 103 cm³/mol. The fourth-order valence-corrected chi connectivity index (χ4v) is 3.25. The number of alkyl halides is 3. The summed E-state index contributed by atoms with van der Waals surface area (Å²) in [6.45, 7) is 4.06. The van der Waals surface area contributed by atoms with Gasteiger partial charge in [0.15, 0.2) is 0 Å². The van der Waals surface area contributed by atoms with Gasteiger partial charge >= 0.3 is 6.18 Å². The topological polar surface area (TPSA) is 63.8 Å². The summed E-state index contributed by atoms with van der Waals surface area (Å²) in [4.78, 5) is 8.59. The summed E-state index contributed by atoms with van der Waals surface area (Å²) < 4.78 is 43.4. The Bertz CT molecular complexity index is 1150. The summed E-state index contributed by atoms with van der Waals surface area (Å²) in [7, 11) is 0. The summed E-state index contributed by atoms with van der Waals surface area (Å²) in [5, 5.41) is 7.99. The van der Waals surface area contributed by atoms with Gasteiger partial charge in [-0.25, -0.2) is 9.97 Å². The van der Waals surface area contributed by atoms with Gasteiger partial charge in [-0.15, -0.1) is 0 Å². The van der Waals surface area contributed by atoms with Crippen LogP contribution in [0, 0.1) is 13.8 Å². The molecule has 0 spiro atoms. The van der Waals surface area contributed by atoms with Crippen LogP contribution in [0.15, 0.2) is 53.3 Å². The lowest BCUT2D eigenvalue weighted by Gasteiger charge is -2.11. The van der Waals surface area contributed by atoms with Gasteiger partial charge in [-0.05, 0) is 49.2 Å². The SMILES string of the molecule is Cc1noc(C)c1-c1ccc2ncnc(NCc3ccc(C(F)(F)F)cc3)c2c1. The van der Waals surface area contributed by atoms with E-state index in [4.69, 9.17) is 4.52 Å². The molecule has 0 saturated heterocycles. The highest BCUT2D eigenvalue weighted by Crippen LogP contribution is 2.32. The molecule has 4 aromatic rings. The van der Waals surface area contributed by atoms with Crippen LogP contribution in [0.3, 0.4) is 0 Å². The molecule has 0 fully saturated rings. The minimum atomic E-state index is -4.34. The Morgan fingerprint density at radius 1 is 1.00 bits per heavy atom. The maximum absolute atomic E-state index is 12.7. The molecule has 0 atom stereocenters. The van der Waals surface area contributed by atoms with Crippen molar-refractivity contribution in [1.29, 1.82) is 0 Å². The lowest BCUT2D eigenvalue weighted by molar-refractivity contribution is -0.137. The third kappa shape index (κ3) is 3.78. The third-order valence-corrected chi connectivity index (χ3v) is 4.70. The fraction of sp³-hybridized carbons (Fsp3) is 0.190. The van der Waals surface area contributed by atoms with Crippen molar-refractivity contribution in [3.63, 3.8) is 0 Å². The first-order chi connectivity index (χ1) is 13.8. The Morgan fingerprint density at radius 2 is 1.76 bits per heavy atom. The minimum Gasteiger partial charge on any atom is -0.365 e. The first-order valence-electron chi connectivity index (χ1n) is 8.91. The second-order valence-electron chi connectivity index (χ2n) is 6.70. The Balaban J connectivity index is 1.63. The van der Waals surface area contributed by atoms with Crippen LogP contribution in [0.25, 0.3) is 22.0 Å². The van der Waals surface area contributed by atoms with Crippen LogP contribution in [-0.4, -0.2) is 15.1 Å². The minimum absolute atomic E-state index is 0.333. The number of hydrogen-bond acceptors (Lipinski definition) is 5. The summed E-state index contributed by atoms with van der Waals surface area (Å²) in [5.74, 6) is 1.32. The smallest absolute Gasteiger partial charge is 0.365 e. The van der Waals surface area contributed by atoms with E-state index in [2.05, 4.69) is 20.4 Å². The van der Waals surface area contributed by atoms with Gasteiger partial charge in [-0.2, -0.15) is 13.2 Å². The number of nitrogens with zero attached hydrogens (tertiary/aromatic N) is 3. The van der Waals surface area contributed by atoms with Gasteiger partial charge in [0, 0.05) is 17.5 Å². The number of aromatic nitrogens is 3. The van der Waals surface area contributed by atoms with Gasteiger partial charge < -0.3 is 9.84 Å². The number of nitrogens with one attached hydrogen (secondary N) is 1. The normalized spacial score (nSPS) is 11.8. The van der Waals surface area contributed by atoms with Crippen LogP contribution in [0.5, 0.6) is 0 Å².